The lowest BCUT2D eigenvalue weighted by molar-refractivity contribution is -0.122. The quantitative estimate of drug-likeness (QED) is 0.877. The lowest BCUT2D eigenvalue weighted by atomic mass is 9.98. The molecule has 21 heavy (non-hydrogen) atoms. The van der Waals surface area contributed by atoms with E-state index in [1.54, 1.807) is 18.3 Å². The fourth-order valence-electron chi connectivity index (χ4n) is 2.21. The monoisotopic (exact) mass is 303 g/mol. The highest BCUT2D eigenvalue weighted by atomic mass is 32.1. The van der Waals surface area contributed by atoms with Crippen molar-refractivity contribution in [1.82, 2.24) is 0 Å². The maximum atomic E-state index is 12.0. The average Bonchev–Trinajstić information content (AvgIpc) is 2.91. The van der Waals surface area contributed by atoms with Gasteiger partial charge >= 0.3 is 0 Å². The number of anilines is 1. The lowest BCUT2D eigenvalue weighted by Crippen LogP contribution is -2.30. The van der Waals surface area contributed by atoms with Crippen molar-refractivity contribution in [3.05, 3.63) is 46.2 Å². The Hall–Kier alpha value is -1.81. The third-order valence-corrected chi connectivity index (χ3v) is 4.02. The molecule has 1 atom stereocenters. The van der Waals surface area contributed by atoms with Crippen molar-refractivity contribution in [3.63, 3.8) is 0 Å². The molecule has 0 spiro atoms. The molecule has 1 unspecified atom stereocenters. The summed E-state index contributed by atoms with van der Waals surface area (Å²) in [5.41, 5.74) is 3.30. The Kier molecular flexibility index (Phi) is 5.02. The number of ether oxygens (including phenoxy) is 1. The lowest BCUT2D eigenvalue weighted by Gasteiger charge is -2.16. The Bertz CT molecular complexity index is 605. The van der Waals surface area contributed by atoms with Gasteiger partial charge in [-0.25, -0.2) is 0 Å². The van der Waals surface area contributed by atoms with Gasteiger partial charge < -0.3 is 10.1 Å². The molecule has 0 saturated carbocycles. The van der Waals surface area contributed by atoms with Crippen molar-refractivity contribution in [2.45, 2.75) is 39.7 Å². The number of thiophene rings is 1. The van der Waals surface area contributed by atoms with E-state index in [-0.39, 0.29) is 5.91 Å². The van der Waals surface area contributed by atoms with Gasteiger partial charge in [0.15, 0.2) is 6.10 Å². The van der Waals surface area contributed by atoms with Crippen LogP contribution >= 0.6 is 11.3 Å². The minimum Gasteiger partial charge on any atom is -0.481 e. The van der Waals surface area contributed by atoms with Crippen molar-refractivity contribution in [1.29, 1.82) is 0 Å². The number of amides is 1. The first-order valence-corrected chi connectivity index (χ1v) is 8.02. The first-order valence-electron chi connectivity index (χ1n) is 7.07. The van der Waals surface area contributed by atoms with Crippen LogP contribution in [0.5, 0.6) is 5.75 Å². The van der Waals surface area contributed by atoms with Gasteiger partial charge in [-0.3, -0.25) is 4.79 Å². The highest BCUT2D eigenvalue weighted by Crippen LogP contribution is 2.24. The zero-order valence-corrected chi connectivity index (χ0v) is 13.7. The zero-order valence-electron chi connectivity index (χ0n) is 12.8. The molecular formula is C17H21NO2S. The SMILES string of the molecule is Cc1cc(OC(C)C(=O)Nc2ccsc2)ccc1C(C)C. The van der Waals surface area contributed by atoms with Crippen molar-refractivity contribution < 1.29 is 9.53 Å². The maximum absolute atomic E-state index is 12.0. The summed E-state index contributed by atoms with van der Waals surface area (Å²) in [6.07, 6.45) is -0.533. The average molecular weight is 303 g/mol. The Morgan fingerprint density at radius 3 is 2.57 bits per heavy atom. The summed E-state index contributed by atoms with van der Waals surface area (Å²) in [6.45, 7) is 8.16. The van der Waals surface area contributed by atoms with Gasteiger partial charge in [-0.2, -0.15) is 11.3 Å². The van der Waals surface area contributed by atoms with Gasteiger partial charge in [0.05, 0.1) is 5.69 Å². The molecule has 112 valence electrons. The summed E-state index contributed by atoms with van der Waals surface area (Å²) in [5.74, 6) is 1.07. The van der Waals surface area contributed by atoms with Crippen molar-refractivity contribution in [2.75, 3.05) is 5.32 Å². The van der Waals surface area contributed by atoms with Gasteiger partial charge in [-0.05, 0) is 54.5 Å². The third kappa shape index (κ3) is 4.08. The minimum absolute atomic E-state index is 0.140. The van der Waals surface area contributed by atoms with Crippen LogP contribution in [0.15, 0.2) is 35.0 Å². The molecule has 1 N–H and O–H groups in total. The van der Waals surface area contributed by atoms with Gasteiger partial charge in [-0.1, -0.05) is 19.9 Å². The van der Waals surface area contributed by atoms with Crippen LogP contribution in [-0.4, -0.2) is 12.0 Å². The highest BCUT2D eigenvalue weighted by Gasteiger charge is 2.15. The van der Waals surface area contributed by atoms with Crippen LogP contribution in [0, 0.1) is 6.92 Å². The maximum Gasteiger partial charge on any atom is 0.265 e. The molecule has 0 aliphatic heterocycles. The highest BCUT2D eigenvalue weighted by molar-refractivity contribution is 7.08. The number of benzene rings is 1. The first-order chi connectivity index (χ1) is 9.97. The second-order valence-corrected chi connectivity index (χ2v) is 6.21. The molecule has 4 heteroatoms. The smallest absolute Gasteiger partial charge is 0.265 e. The van der Waals surface area contributed by atoms with Crippen molar-refractivity contribution in [2.24, 2.45) is 0 Å². The van der Waals surface area contributed by atoms with E-state index < -0.39 is 6.10 Å². The topological polar surface area (TPSA) is 38.3 Å². The molecule has 1 heterocycles. The Labute approximate surface area is 130 Å². The molecule has 0 aliphatic carbocycles. The number of carbonyl (C=O) groups excluding carboxylic acids is 1. The third-order valence-electron chi connectivity index (χ3n) is 3.33. The number of nitrogens with one attached hydrogen (secondary N) is 1. The molecule has 0 aliphatic rings. The summed E-state index contributed by atoms with van der Waals surface area (Å²) in [4.78, 5) is 12.0. The second-order valence-electron chi connectivity index (χ2n) is 5.43. The zero-order chi connectivity index (χ0) is 15.4. The molecule has 0 saturated heterocycles. The van der Waals surface area contributed by atoms with E-state index in [1.165, 1.54) is 11.1 Å². The molecule has 3 nitrogen and oxygen atoms in total. The van der Waals surface area contributed by atoms with E-state index in [0.29, 0.717) is 5.92 Å². The van der Waals surface area contributed by atoms with E-state index in [9.17, 15) is 4.79 Å². The summed E-state index contributed by atoms with van der Waals surface area (Å²) in [7, 11) is 0. The summed E-state index contributed by atoms with van der Waals surface area (Å²) < 4.78 is 5.73. The minimum atomic E-state index is -0.533. The molecule has 1 aromatic carbocycles. The van der Waals surface area contributed by atoms with Gasteiger partial charge in [0.25, 0.3) is 5.91 Å². The molecule has 2 rings (SSSR count). The fourth-order valence-corrected chi connectivity index (χ4v) is 2.79. The standard InChI is InChI=1S/C17H21NO2S/c1-11(2)16-6-5-15(9-12(16)3)20-13(4)17(19)18-14-7-8-21-10-14/h5-11,13H,1-4H3,(H,18,19). The second kappa shape index (κ2) is 6.76. The van der Waals surface area contributed by atoms with Crippen LogP contribution in [0.3, 0.4) is 0 Å². The van der Waals surface area contributed by atoms with E-state index in [0.717, 1.165) is 11.4 Å². The predicted octanol–water partition coefficient (Wildman–Crippen LogP) is 4.59. The fraction of sp³-hybridized carbons (Fsp3) is 0.353. The van der Waals surface area contributed by atoms with Crippen LogP contribution in [0.2, 0.25) is 0 Å². The number of carbonyl (C=O) groups is 1. The molecular weight excluding hydrogens is 282 g/mol. The van der Waals surface area contributed by atoms with Gasteiger partial charge in [0.2, 0.25) is 0 Å². The summed E-state index contributed by atoms with van der Waals surface area (Å²) in [6, 6.07) is 7.86. The number of rotatable bonds is 5. The number of hydrogen-bond acceptors (Lipinski definition) is 3. The summed E-state index contributed by atoms with van der Waals surface area (Å²) >= 11 is 1.55. The van der Waals surface area contributed by atoms with Crippen LogP contribution in [0.25, 0.3) is 0 Å². The molecule has 0 bridgehead atoms. The Morgan fingerprint density at radius 1 is 1.24 bits per heavy atom. The largest absolute Gasteiger partial charge is 0.481 e. The van der Waals surface area contributed by atoms with Gasteiger partial charge in [-0.15, -0.1) is 0 Å². The number of aryl methyl sites for hydroxylation is 1. The van der Waals surface area contributed by atoms with E-state index >= 15 is 0 Å². The molecule has 0 fully saturated rings. The Balaban J connectivity index is 2.00. The molecule has 1 aromatic heterocycles. The van der Waals surface area contributed by atoms with Crippen LogP contribution in [-0.2, 0) is 4.79 Å². The van der Waals surface area contributed by atoms with Crippen LogP contribution in [0.4, 0.5) is 5.69 Å². The van der Waals surface area contributed by atoms with E-state index in [4.69, 9.17) is 4.74 Å². The molecule has 2 aromatic rings. The van der Waals surface area contributed by atoms with Crippen LogP contribution < -0.4 is 10.1 Å². The Morgan fingerprint density at radius 2 is 2.00 bits per heavy atom. The van der Waals surface area contributed by atoms with Crippen molar-refractivity contribution >= 4 is 22.9 Å². The van der Waals surface area contributed by atoms with E-state index in [2.05, 4.69) is 32.2 Å². The summed E-state index contributed by atoms with van der Waals surface area (Å²) in [5, 5.41) is 6.65. The normalized spacial score (nSPS) is 12.2. The van der Waals surface area contributed by atoms with Crippen molar-refractivity contribution in [3.8, 4) is 5.75 Å². The van der Waals surface area contributed by atoms with Crippen LogP contribution in [0.1, 0.15) is 37.8 Å². The predicted molar refractivity (Wildman–Crippen MR) is 88.3 cm³/mol. The van der Waals surface area contributed by atoms with E-state index in [1.807, 2.05) is 29.0 Å². The first kappa shape index (κ1) is 15.6. The number of hydrogen-bond donors (Lipinski definition) is 1. The molecule has 0 radical (unpaired) electrons. The molecule has 1 amide bonds. The van der Waals surface area contributed by atoms with Gasteiger partial charge in [0, 0.05) is 5.38 Å². The van der Waals surface area contributed by atoms with Gasteiger partial charge in [0.1, 0.15) is 5.75 Å².